The molecule has 2 heterocycles. The molecule has 21 heavy (non-hydrogen) atoms. The molecule has 0 aliphatic rings. The number of hydrogen-bond acceptors (Lipinski definition) is 4. The monoisotopic (exact) mass is 285 g/mol. The first-order valence-corrected chi connectivity index (χ1v) is 6.89. The van der Waals surface area contributed by atoms with Gasteiger partial charge in [-0.1, -0.05) is 12.8 Å². The van der Waals surface area contributed by atoms with E-state index in [0.717, 1.165) is 11.9 Å². The number of carbonyl (C=O) groups is 1. The Morgan fingerprint density at radius 1 is 1.48 bits per heavy atom. The fourth-order valence-electron chi connectivity index (χ4n) is 1.83. The number of likely N-dealkylation sites (N-methyl/N-ethyl adjacent to an activating group) is 1. The molecule has 2 aromatic rings. The third-order valence-electron chi connectivity index (χ3n) is 2.94. The quantitative estimate of drug-likeness (QED) is 0.519. The molecular weight excluding hydrogens is 266 g/mol. The van der Waals surface area contributed by atoms with Crippen LogP contribution in [0.1, 0.15) is 23.7 Å². The molecule has 0 fully saturated rings. The van der Waals surface area contributed by atoms with Crippen LogP contribution in [0.4, 0.5) is 0 Å². The molecule has 5 heteroatoms. The van der Waals surface area contributed by atoms with Crippen LogP contribution in [0, 0.1) is 11.8 Å². The number of carbonyl (C=O) groups excluding carboxylic acids is 1. The van der Waals surface area contributed by atoms with E-state index in [4.69, 9.17) is 4.74 Å². The molecule has 0 atom stereocenters. The number of ether oxygens (including phenoxy) is 1. The summed E-state index contributed by atoms with van der Waals surface area (Å²) in [5.41, 5.74) is 1.20. The average molecular weight is 285 g/mol. The Hall–Kier alpha value is -2.32. The maximum absolute atomic E-state index is 12.0. The lowest BCUT2D eigenvalue weighted by molar-refractivity contribution is 0.105. The number of nitrogens with one attached hydrogen (secondary N) is 1. The van der Waals surface area contributed by atoms with Crippen molar-refractivity contribution in [3.05, 3.63) is 24.0 Å². The Morgan fingerprint density at radius 3 is 3.00 bits per heavy atom. The lowest BCUT2D eigenvalue weighted by Gasteiger charge is -2.10. The maximum Gasteiger partial charge on any atom is 0.238 e. The van der Waals surface area contributed by atoms with E-state index in [-0.39, 0.29) is 5.78 Å². The van der Waals surface area contributed by atoms with Gasteiger partial charge in [-0.25, -0.2) is 4.98 Å². The van der Waals surface area contributed by atoms with Crippen LogP contribution in [0.15, 0.2) is 18.5 Å². The minimum absolute atomic E-state index is 0.199. The first-order chi connectivity index (χ1) is 10.1. The normalized spacial score (nSPS) is 10.5. The lowest BCUT2D eigenvalue weighted by atomic mass is 10.1. The van der Waals surface area contributed by atoms with Crippen LogP contribution in [0.3, 0.4) is 0 Å². The molecule has 110 valence electrons. The Balaban J connectivity index is 2.22. The van der Waals surface area contributed by atoms with Gasteiger partial charge < -0.3 is 14.6 Å². The third kappa shape index (κ3) is 3.83. The Kier molecular flexibility index (Phi) is 4.96. The third-order valence-corrected chi connectivity index (χ3v) is 2.94. The fraction of sp³-hybridized carbons (Fsp3) is 0.375. The SMILES string of the molecule is CCC#CC(=O)c1c[nH]c2ncc(OCCN(C)C)cc12. The van der Waals surface area contributed by atoms with Crippen molar-refractivity contribution in [2.75, 3.05) is 27.2 Å². The van der Waals surface area contributed by atoms with Crippen molar-refractivity contribution >= 4 is 16.8 Å². The van der Waals surface area contributed by atoms with E-state index in [1.807, 2.05) is 32.0 Å². The Bertz CT molecular complexity index is 692. The largest absolute Gasteiger partial charge is 0.491 e. The highest BCUT2D eigenvalue weighted by molar-refractivity contribution is 6.16. The van der Waals surface area contributed by atoms with Gasteiger partial charge in [0.1, 0.15) is 18.0 Å². The zero-order valence-corrected chi connectivity index (χ0v) is 12.6. The molecular formula is C16H19N3O2. The standard InChI is InChI=1S/C16H19N3O2/c1-4-5-6-15(20)14-11-18-16-13(14)9-12(10-17-16)21-8-7-19(2)3/h9-11H,4,7-8H2,1-3H3,(H,17,18). The molecule has 0 amide bonds. The number of Topliss-reactive ketones (excluding diaryl/α,β-unsaturated/α-hetero) is 1. The van der Waals surface area contributed by atoms with Crippen molar-refractivity contribution in [1.29, 1.82) is 0 Å². The zero-order valence-electron chi connectivity index (χ0n) is 12.6. The van der Waals surface area contributed by atoms with E-state index in [1.54, 1.807) is 12.4 Å². The summed E-state index contributed by atoms with van der Waals surface area (Å²) in [6, 6.07) is 1.83. The van der Waals surface area contributed by atoms with Gasteiger partial charge in [0.05, 0.1) is 11.8 Å². The molecule has 0 unspecified atom stereocenters. The molecule has 0 saturated heterocycles. The highest BCUT2D eigenvalue weighted by atomic mass is 16.5. The second-order valence-electron chi connectivity index (χ2n) is 4.91. The van der Waals surface area contributed by atoms with Gasteiger partial charge in [-0.05, 0) is 26.1 Å². The summed E-state index contributed by atoms with van der Waals surface area (Å²) < 4.78 is 5.64. The van der Waals surface area contributed by atoms with Crippen LogP contribution >= 0.6 is 0 Å². The zero-order chi connectivity index (χ0) is 15.2. The highest BCUT2D eigenvalue weighted by Crippen LogP contribution is 2.21. The van der Waals surface area contributed by atoms with Gasteiger partial charge in [0.25, 0.3) is 0 Å². The van der Waals surface area contributed by atoms with Crippen molar-refractivity contribution in [2.45, 2.75) is 13.3 Å². The number of aromatic amines is 1. The van der Waals surface area contributed by atoms with Crippen LogP contribution in [0.5, 0.6) is 5.75 Å². The summed E-state index contributed by atoms with van der Waals surface area (Å²) in [5, 5.41) is 0.743. The summed E-state index contributed by atoms with van der Waals surface area (Å²) in [7, 11) is 3.97. The van der Waals surface area contributed by atoms with E-state index >= 15 is 0 Å². The van der Waals surface area contributed by atoms with Crippen LogP contribution in [-0.4, -0.2) is 47.9 Å². The maximum atomic E-state index is 12.0. The van der Waals surface area contributed by atoms with E-state index in [2.05, 4.69) is 21.8 Å². The van der Waals surface area contributed by atoms with Crippen LogP contribution < -0.4 is 4.74 Å². The van der Waals surface area contributed by atoms with E-state index < -0.39 is 0 Å². The smallest absolute Gasteiger partial charge is 0.238 e. The molecule has 1 N–H and O–H groups in total. The van der Waals surface area contributed by atoms with Crippen LogP contribution in [0.25, 0.3) is 11.0 Å². The van der Waals surface area contributed by atoms with Crippen molar-refractivity contribution in [3.63, 3.8) is 0 Å². The number of rotatable bonds is 5. The number of ketones is 1. The molecule has 2 aromatic heterocycles. The number of aromatic nitrogens is 2. The van der Waals surface area contributed by atoms with Gasteiger partial charge in [-0.2, -0.15) is 0 Å². The summed E-state index contributed by atoms with van der Waals surface area (Å²) in [6.45, 7) is 3.30. The predicted molar refractivity (Wildman–Crippen MR) is 82.5 cm³/mol. The van der Waals surface area contributed by atoms with Gasteiger partial charge in [0.15, 0.2) is 0 Å². The molecule has 0 aromatic carbocycles. The van der Waals surface area contributed by atoms with Crippen molar-refractivity contribution in [3.8, 4) is 17.6 Å². The average Bonchev–Trinajstić information content (AvgIpc) is 2.87. The summed E-state index contributed by atoms with van der Waals surface area (Å²) in [5.74, 6) is 5.87. The van der Waals surface area contributed by atoms with Crippen LogP contribution in [-0.2, 0) is 0 Å². The summed E-state index contributed by atoms with van der Waals surface area (Å²) in [4.78, 5) is 21.3. The molecule has 0 bridgehead atoms. The predicted octanol–water partition coefficient (Wildman–Crippen LogP) is 2.10. The van der Waals surface area contributed by atoms with E-state index in [1.165, 1.54) is 0 Å². The van der Waals surface area contributed by atoms with E-state index in [9.17, 15) is 4.79 Å². The summed E-state index contributed by atoms with van der Waals surface area (Å²) >= 11 is 0. The van der Waals surface area contributed by atoms with E-state index in [0.29, 0.717) is 30.0 Å². The molecule has 2 rings (SSSR count). The molecule has 0 spiro atoms. The number of hydrogen-bond donors (Lipinski definition) is 1. The number of fused-ring (bicyclic) bond motifs is 1. The second kappa shape index (κ2) is 6.91. The van der Waals surface area contributed by atoms with Crippen molar-refractivity contribution in [1.82, 2.24) is 14.9 Å². The first kappa shape index (κ1) is 15.1. The molecule has 0 aliphatic carbocycles. The van der Waals surface area contributed by atoms with Crippen LogP contribution in [0.2, 0.25) is 0 Å². The second-order valence-corrected chi connectivity index (χ2v) is 4.91. The first-order valence-electron chi connectivity index (χ1n) is 6.89. The van der Waals surface area contributed by atoms with Gasteiger partial charge >= 0.3 is 0 Å². The molecule has 5 nitrogen and oxygen atoms in total. The van der Waals surface area contributed by atoms with Gasteiger partial charge in [-0.3, -0.25) is 4.79 Å². The van der Waals surface area contributed by atoms with Gasteiger partial charge in [0.2, 0.25) is 5.78 Å². The minimum atomic E-state index is -0.199. The Morgan fingerprint density at radius 2 is 2.29 bits per heavy atom. The Labute approximate surface area is 124 Å². The van der Waals surface area contributed by atoms with Gasteiger partial charge in [0, 0.05) is 24.5 Å². The number of nitrogens with zero attached hydrogens (tertiary/aromatic N) is 2. The van der Waals surface area contributed by atoms with Crippen molar-refractivity contribution < 1.29 is 9.53 Å². The minimum Gasteiger partial charge on any atom is -0.491 e. The molecule has 0 aliphatic heterocycles. The lowest BCUT2D eigenvalue weighted by Crippen LogP contribution is -2.19. The topological polar surface area (TPSA) is 58.2 Å². The molecule has 0 saturated carbocycles. The number of pyridine rings is 1. The number of H-pyrrole nitrogens is 1. The molecule has 0 radical (unpaired) electrons. The van der Waals surface area contributed by atoms with Gasteiger partial charge in [-0.15, -0.1) is 0 Å². The summed E-state index contributed by atoms with van der Waals surface area (Å²) in [6.07, 6.45) is 3.96. The fourth-order valence-corrected chi connectivity index (χ4v) is 1.83. The highest BCUT2D eigenvalue weighted by Gasteiger charge is 2.11. The van der Waals surface area contributed by atoms with Crippen molar-refractivity contribution in [2.24, 2.45) is 0 Å².